The SMILES string of the molecule is O=C(O)C1CC2CCCCC2N1S(=O)(=O)c1ccc2c(c1)OCCCO2. The van der Waals surface area contributed by atoms with Crippen LogP contribution in [0, 0.1) is 5.92 Å². The molecule has 8 heteroatoms. The van der Waals surface area contributed by atoms with Crippen LogP contribution in [-0.2, 0) is 14.8 Å². The van der Waals surface area contributed by atoms with Crippen molar-refractivity contribution in [1.29, 1.82) is 0 Å². The van der Waals surface area contributed by atoms with Gasteiger partial charge >= 0.3 is 5.97 Å². The zero-order valence-corrected chi connectivity index (χ0v) is 15.3. The monoisotopic (exact) mass is 381 g/mol. The second-order valence-electron chi connectivity index (χ2n) is 7.20. The summed E-state index contributed by atoms with van der Waals surface area (Å²) < 4.78 is 39.1. The Kier molecular flexibility index (Phi) is 4.56. The largest absolute Gasteiger partial charge is 0.490 e. The average molecular weight is 381 g/mol. The molecule has 2 aliphatic heterocycles. The van der Waals surface area contributed by atoms with Gasteiger partial charge < -0.3 is 14.6 Å². The molecule has 7 nitrogen and oxygen atoms in total. The van der Waals surface area contributed by atoms with Crippen molar-refractivity contribution in [3.63, 3.8) is 0 Å². The lowest BCUT2D eigenvalue weighted by Crippen LogP contribution is -2.46. The van der Waals surface area contributed by atoms with Crippen LogP contribution in [0.15, 0.2) is 23.1 Å². The van der Waals surface area contributed by atoms with Gasteiger partial charge in [0.25, 0.3) is 0 Å². The van der Waals surface area contributed by atoms with Crippen molar-refractivity contribution >= 4 is 16.0 Å². The Labute approximate surface area is 152 Å². The lowest BCUT2D eigenvalue weighted by Gasteiger charge is -2.32. The highest BCUT2D eigenvalue weighted by molar-refractivity contribution is 7.89. The molecular weight excluding hydrogens is 358 g/mol. The van der Waals surface area contributed by atoms with E-state index in [1.807, 2.05) is 0 Å². The van der Waals surface area contributed by atoms with Crippen LogP contribution >= 0.6 is 0 Å². The summed E-state index contributed by atoms with van der Waals surface area (Å²) in [5.41, 5.74) is 0. The highest BCUT2D eigenvalue weighted by Crippen LogP contribution is 2.43. The van der Waals surface area contributed by atoms with Gasteiger partial charge in [-0.05, 0) is 37.3 Å². The van der Waals surface area contributed by atoms with Crippen LogP contribution < -0.4 is 9.47 Å². The number of carboxylic acids is 1. The standard InChI is InChI=1S/C18H23NO6S/c20-18(21)15-10-12-4-1-2-5-14(12)19(15)26(22,23)13-6-7-16-17(11-13)25-9-3-8-24-16/h6-7,11-12,14-15H,1-5,8-10H2,(H,20,21). The number of carbonyl (C=O) groups is 1. The number of rotatable bonds is 3. The molecule has 1 saturated carbocycles. The minimum Gasteiger partial charge on any atom is -0.490 e. The Hall–Kier alpha value is -1.80. The Bertz CT molecular complexity index is 808. The predicted molar refractivity (Wildman–Crippen MR) is 92.9 cm³/mol. The summed E-state index contributed by atoms with van der Waals surface area (Å²) in [6.45, 7) is 0.985. The van der Waals surface area contributed by atoms with Crippen LogP contribution in [0.5, 0.6) is 11.5 Å². The van der Waals surface area contributed by atoms with E-state index in [-0.39, 0.29) is 16.9 Å². The summed E-state index contributed by atoms with van der Waals surface area (Å²) in [6.07, 6.45) is 4.70. The smallest absolute Gasteiger partial charge is 0.322 e. The van der Waals surface area contributed by atoms with Gasteiger partial charge in [0.05, 0.1) is 18.1 Å². The van der Waals surface area contributed by atoms with E-state index in [4.69, 9.17) is 9.47 Å². The van der Waals surface area contributed by atoms with E-state index in [0.717, 1.165) is 32.1 Å². The maximum atomic E-state index is 13.3. The van der Waals surface area contributed by atoms with Crippen molar-refractivity contribution in [3.8, 4) is 11.5 Å². The maximum absolute atomic E-state index is 13.3. The molecule has 142 valence electrons. The maximum Gasteiger partial charge on any atom is 0.322 e. The van der Waals surface area contributed by atoms with E-state index in [9.17, 15) is 18.3 Å². The zero-order valence-electron chi connectivity index (χ0n) is 14.5. The molecule has 1 N–H and O–H groups in total. The van der Waals surface area contributed by atoms with Gasteiger partial charge in [-0.25, -0.2) is 8.42 Å². The Morgan fingerprint density at radius 3 is 2.58 bits per heavy atom. The summed E-state index contributed by atoms with van der Waals surface area (Å²) >= 11 is 0. The molecule has 0 amide bonds. The molecule has 3 aliphatic rings. The third-order valence-electron chi connectivity index (χ3n) is 5.61. The van der Waals surface area contributed by atoms with Gasteiger partial charge in [-0.3, -0.25) is 4.79 Å². The van der Waals surface area contributed by atoms with Crippen molar-refractivity contribution in [2.24, 2.45) is 5.92 Å². The van der Waals surface area contributed by atoms with Crippen LogP contribution in [-0.4, -0.2) is 49.1 Å². The number of aliphatic carboxylic acids is 1. The van der Waals surface area contributed by atoms with Gasteiger partial charge in [-0.2, -0.15) is 4.31 Å². The summed E-state index contributed by atoms with van der Waals surface area (Å²) in [5.74, 6) is -0.0274. The first-order chi connectivity index (χ1) is 12.5. The lowest BCUT2D eigenvalue weighted by atomic mass is 9.85. The minimum atomic E-state index is -3.93. The number of fused-ring (bicyclic) bond motifs is 2. The van der Waals surface area contributed by atoms with Crippen molar-refractivity contribution in [3.05, 3.63) is 18.2 Å². The van der Waals surface area contributed by atoms with E-state index in [0.29, 0.717) is 31.1 Å². The first kappa shape index (κ1) is 17.6. The molecule has 3 unspecified atom stereocenters. The number of hydrogen-bond donors (Lipinski definition) is 1. The molecule has 26 heavy (non-hydrogen) atoms. The fourth-order valence-electron chi connectivity index (χ4n) is 4.40. The predicted octanol–water partition coefficient (Wildman–Crippen LogP) is 2.25. The van der Waals surface area contributed by atoms with Crippen LogP contribution in [0.4, 0.5) is 0 Å². The topological polar surface area (TPSA) is 93.1 Å². The number of hydrogen-bond acceptors (Lipinski definition) is 5. The fourth-order valence-corrected chi connectivity index (χ4v) is 6.29. The molecular formula is C18H23NO6S. The van der Waals surface area contributed by atoms with Crippen molar-refractivity contribution < 1.29 is 27.8 Å². The Morgan fingerprint density at radius 1 is 1.08 bits per heavy atom. The van der Waals surface area contributed by atoms with Gasteiger partial charge in [-0.1, -0.05) is 12.8 Å². The van der Waals surface area contributed by atoms with E-state index in [1.54, 1.807) is 6.07 Å². The first-order valence-corrected chi connectivity index (χ1v) is 10.6. The van der Waals surface area contributed by atoms with Crippen LogP contribution in [0.25, 0.3) is 0 Å². The number of nitrogens with zero attached hydrogens (tertiary/aromatic N) is 1. The molecule has 3 atom stereocenters. The van der Waals surface area contributed by atoms with E-state index in [2.05, 4.69) is 0 Å². The van der Waals surface area contributed by atoms with Gasteiger partial charge in [0, 0.05) is 18.5 Å². The molecule has 4 rings (SSSR count). The van der Waals surface area contributed by atoms with E-state index in [1.165, 1.54) is 16.4 Å². The molecule has 0 radical (unpaired) electrons. The summed E-state index contributed by atoms with van der Waals surface area (Å²) in [7, 11) is -3.93. The molecule has 0 bridgehead atoms. The Balaban J connectivity index is 1.72. The second-order valence-corrected chi connectivity index (χ2v) is 9.04. The molecule has 2 fully saturated rings. The fraction of sp³-hybridized carbons (Fsp3) is 0.611. The van der Waals surface area contributed by atoms with Crippen LogP contribution in [0.2, 0.25) is 0 Å². The first-order valence-electron chi connectivity index (χ1n) is 9.14. The number of carboxylic acid groups (broad SMARTS) is 1. The van der Waals surface area contributed by atoms with Crippen molar-refractivity contribution in [2.75, 3.05) is 13.2 Å². The van der Waals surface area contributed by atoms with Crippen molar-refractivity contribution in [1.82, 2.24) is 4.31 Å². The molecule has 1 aromatic carbocycles. The molecule has 1 saturated heterocycles. The third kappa shape index (κ3) is 2.95. The summed E-state index contributed by atoms with van der Waals surface area (Å²) in [4.78, 5) is 11.8. The molecule has 2 heterocycles. The highest BCUT2D eigenvalue weighted by Gasteiger charge is 2.51. The quantitative estimate of drug-likeness (QED) is 0.863. The number of sulfonamides is 1. The lowest BCUT2D eigenvalue weighted by molar-refractivity contribution is -0.141. The number of benzene rings is 1. The average Bonchev–Trinajstić information content (AvgIpc) is 2.87. The third-order valence-corrected chi connectivity index (χ3v) is 7.54. The normalized spacial score (nSPS) is 29.0. The molecule has 1 aliphatic carbocycles. The van der Waals surface area contributed by atoms with E-state index < -0.39 is 22.0 Å². The van der Waals surface area contributed by atoms with E-state index >= 15 is 0 Å². The summed E-state index contributed by atoms with van der Waals surface area (Å²) in [5, 5.41) is 9.62. The molecule has 0 aromatic heterocycles. The van der Waals surface area contributed by atoms with Gasteiger partial charge in [0.1, 0.15) is 6.04 Å². The molecule has 0 spiro atoms. The van der Waals surface area contributed by atoms with Crippen molar-refractivity contribution in [2.45, 2.75) is 55.5 Å². The highest BCUT2D eigenvalue weighted by atomic mass is 32.2. The molecule has 1 aromatic rings. The Morgan fingerprint density at radius 2 is 1.81 bits per heavy atom. The van der Waals surface area contributed by atoms with Crippen LogP contribution in [0.3, 0.4) is 0 Å². The van der Waals surface area contributed by atoms with Crippen LogP contribution in [0.1, 0.15) is 38.5 Å². The summed E-state index contributed by atoms with van der Waals surface area (Å²) in [6, 6.07) is 3.32. The zero-order chi connectivity index (χ0) is 18.3. The van der Waals surface area contributed by atoms with Gasteiger partial charge in [0.2, 0.25) is 10.0 Å². The van der Waals surface area contributed by atoms with Gasteiger partial charge in [0.15, 0.2) is 11.5 Å². The van der Waals surface area contributed by atoms with Gasteiger partial charge in [-0.15, -0.1) is 0 Å². The number of ether oxygens (including phenoxy) is 2. The minimum absolute atomic E-state index is 0.0687. The second kappa shape index (κ2) is 6.74.